The predicted octanol–water partition coefficient (Wildman–Crippen LogP) is 1.49. The van der Waals surface area contributed by atoms with E-state index in [0.717, 1.165) is 0 Å². The van der Waals surface area contributed by atoms with Crippen molar-refractivity contribution in [1.29, 1.82) is 0 Å². The van der Waals surface area contributed by atoms with Gasteiger partial charge in [-0.25, -0.2) is 4.79 Å². The van der Waals surface area contributed by atoms with Crippen LogP contribution < -0.4 is 16.2 Å². The fourth-order valence-electron chi connectivity index (χ4n) is 3.10. The van der Waals surface area contributed by atoms with E-state index in [9.17, 15) is 19.2 Å². The monoisotopic (exact) mass is 484 g/mol. The number of aromatic nitrogens is 1. The molecule has 0 aliphatic carbocycles. The van der Waals surface area contributed by atoms with E-state index >= 15 is 0 Å². The third kappa shape index (κ3) is 7.81. The minimum absolute atomic E-state index is 0.0631. The fraction of sp³-hybridized carbons (Fsp3) is 0.600. The number of nitrogens with one attached hydrogen (secondary N) is 2. The predicted molar refractivity (Wildman–Crippen MR) is 115 cm³/mol. The van der Waals surface area contributed by atoms with E-state index in [2.05, 4.69) is 26.6 Å². The molecule has 1 saturated heterocycles. The molecule has 30 heavy (non-hydrogen) atoms. The Labute approximate surface area is 184 Å². The van der Waals surface area contributed by atoms with Crippen LogP contribution in [0.5, 0.6) is 0 Å². The molecule has 1 aliphatic heterocycles. The van der Waals surface area contributed by atoms with Crippen LogP contribution in [0.1, 0.15) is 33.6 Å². The molecule has 166 valence electrons. The number of piperidine rings is 1. The average molecular weight is 485 g/mol. The Balaban J connectivity index is 1.78. The topological polar surface area (TPSA) is 110 Å². The molecule has 1 atom stereocenters. The number of hydrogen-bond donors (Lipinski definition) is 2. The van der Waals surface area contributed by atoms with Crippen molar-refractivity contribution in [2.75, 3.05) is 26.2 Å². The number of pyridine rings is 1. The van der Waals surface area contributed by atoms with Crippen LogP contribution in [0.2, 0.25) is 0 Å². The van der Waals surface area contributed by atoms with Gasteiger partial charge < -0.3 is 24.8 Å². The van der Waals surface area contributed by atoms with Crippen LogP contribution in [-0.4, -0.2) is 59.2 Å². The first kappa shape index (κ1) is 23.9. The molecule has 1 aromatic rings. The van der Waals surface area contributed by atoms with Crippen molar-refractivity contribution < 1.29 is 19.1 Å². The number of hydrogen-bond acceptors (Lipinski definition) is 5. The Morgan fingerprint density at radius 1 is 1.20 bits per heavy atom. The summed E-state index contributed by atoms with van der Waals surface area (Å²) < 4.78 is 7.19. The lowest BCUT2D eigenvalue weighted by Gasteiger charge is -2.32. The van der Waals surface area contributed by atoms with E-state index in [1.54, 1.807) is 37.9 Å². The van der Waals surface area contributed by atoms with Crippen LogP contribution >= 0.6 is 15.9 Å². The van der Waals surface area contributed by atoms with E-state index in [4.69, 9.17) is 4.74 Å². The molecule has 2 N–H and O–H groups in total. The Kier molecular flexibility index (Phi) is 8.45. The Hall–Kier alpha value is -2.36. The highest BCUT2D eigenvalue weighted by atomic mass is 79.9. The molecule has 0 aromatic carbocycles. The number of halogens is 1. The van der Waals surface area contributed by atoms with Gasteiger partial charge >= 0.3 is 6.09 Å². The number of rotatable bonds is 6. The largest absolute Gasteiger partial charge is 0.444 e. The SMILES string of the molecule is CC(C)(C)OC(=O)NCCNC(=O)C1CCCN(C(=O)Cn2cc(Br)ccc2=O)C1. The maximum absolute atomic E-state index is 12.6. The summed E-state index contributed by atoms with van der Waals surface area (Å²) in [5.74, 6) is -0.666. The summed E-state index contributed by atoms with van der Waals surface area (Å²) in [6.45, 7) is 6.66. The first-order valence-corrected chi connectivity index (χ1v) is 10.7. The van der Waals surface area contributed by atoms with E-state index in [-0.39, 0.29) is 42.9 Å². The number of carbonyl (C=O) groups excluding carboxylic acids is 3. The molecule has 1 unspecified atom stereocenters. The Bertz CT molecular complexity index is 833. The van der Waals surface area contributed by atoms with Gasteiger partial charge in [-0.3, -0.25) is 14.4 Å². The molecule has 9 nitrogen and oxygen atoms in total. The molecule has 1 aromatic heterocycles. The molecule has 0 saturated carbocycles. The summed E-state index contributed by atoms with van der Waals surface area (Å²) in [7, 11) is 0. The highest BCUT2D eigenvalue weighted by Gasteiger charge is 2.28. The van der Waals surface area contributed by atoms with Gasteiger partial charge in [0.15, 0.2) is 0 Å². The highest BCUT2D eigenvalue weighted by Crippen LogP contribution is 2.17. The quantitative estimate of drug-likeness (QED) is 0.594. The average Bonchev–Trinajstić information content (AvgIpc) is 2.66. The van der Waals surface area contributed by atoms with Crippen LogP contribution in [0, 0.1) is 5.92 Å². The number of amides is 3. The van der Waals surface area contributed by atoms with Crippen molar-refractivity contribution in [2.24, 2.45) is 5.92 Å². The lowest BCUT2D eigenvalue weighted by molar-refractivity contribution is -0.136. The molecule has 2 rings (SSSR count). The zero-order chi connectivity index (χ0) is 22.3. The number of ether oxygens (including phenoxy) is 1. The number of carbonyl (C=O) groups is 3. The molecule has 2 heterocycles. The Morgan fingerprint density at radius 2 is 1.90 bits per heavy atom. The molecule has 1 fully saturated rings. The highest BCUT2D eigenvalue weighted by molar-refractivity contribution is 9.10. The van der Waals surface area contributed by atoms with Crippen LogP contribution in [0.4, 0.5) is 4.79 Å². The second-order valence-corrected chi connectivity index (χ2v) is 9.13. The van der Waals surface area contributed by atoms with E-state index < -0.39 is 11.7 Å². The maximum Gasteiger partial charge on any atom is 0.407 e. The number of likely N-dealkylation sites (tertiary alicyclic amines) is 1. The maximum atomic E-state index is 12.6. The zero-order valence-corrected chi connectivity index (χ0v) is 19.2. The molecule has 0 radical (unpaired) electrons. The summed E-state index contributed by atoms with van der Waals surface area (Å²) in [6, 6.07) is 3.03. The first-order chi connectivity index (χ1) is 14.0. The lowest BCUT2D eigenvalue weighted by atomic mass is 9.97. The van der Waals surface area contributed by atoms with Gasteiger partial charge in [-0.05, 0) is 55.6 Å². The summed E-state index contributed by atoms with van der Waals surface area (Å²) in [4.78, 5) is 50.2. The standard InChI is InChI=1S/C20H29BrN4O5/c1-20(2,3)30-19(29)23-9-8-22-18(28)14-5-4-10-24(11-14)17(27)13-25-12-15(21)6-7-16(25)26/h6-7,12,14H,4-5,8-11,13H2,1-3H3,(H,22,28)(H,23,29). The molecule has 0 spiro atoms. The van der Waals surface area contributed by atoms with Crippen molar-refractivity contribution in [1.82, 2.24) is 20.1 Å². The smallest absolute Gasteiger partial charge is 0.407 e. The molecule has 10 heteroatoms. The van der Waals surface area contributed by atoms with Crippen molar-refractivity contribution in [2.45, 2.75) is 45.8 Å². The van der Waals surface area contributed by atoms with Crippen molar-refractivity contribution in [3.05, 3.63) is 33.2 Å². The molecule has 3 amide bonds. The number of nitrogens with zero attached hydrogens (tertiary/aromatic N) is 2. The van der Waals surface area contributed by atoms with Crippen LogP contribution in [0.15, 0.2) is 27.6 Å². The molecular formula is C20H29BrN4O5. The second kappa shape index (κ2) is 10.6. The number of alkyl carbamates (subject to hydrolysis) is 1. The Morgan fingerprint density at radius 3 is 2.60 bits per heavy atom. The van der Waals surface area contributed by atoms with Gasteiger partial charge in [-0.1, -0.05) is 0 Å². The summed E-state index contributed by atoms with van der Waals surface area (Å²) in [6.07, 6.45) is 2.44. The van der Waals surface area contributed by atoms with Crippen LogP contribution in [0.25, 0.3) is 0 Å². The minimum Gasteiger partial charge on any atom is -0.444 e. The minimum atomic E-state index is -0.577. The van der Waals surface area contributed by atoms with E-state index in [1.165, 1.54) is 10.6 Å². The zero-order valence-electron chi connectivity index (χ0n) is 17.6. The van der Waals surface area contributed by atoms with Crippen molar-refractivity contribution in [3.8, 4) is 0 Å². The van der Waals surface area contributed by atoms with Gasteiger partial charge in [-0.15, -0.1) is 0 Å². The third-order valence-electron chi connectivity index (χ3n) is 4.49. The van der Waals surface area contributed by atoms with Gasteiger partial charge in [0, 0.05) is 42.9 Å². The molecular weight excluding hydrogens is 456 g/mol. The van der Waals surface area contributed by atoms with Crippen molar-refractivity contribution in [3.63, 3.8) is 0 Å². The summed E-state index contributed by atoms with van der Waals surface area (Å²) >= 11 is 3.29. The summed E-state index contributed by atoms with van der Waals surface area (Å²) in [5, 5.41) is 5.37. The molecule has 1 aliphatic rings. The second-order valence-electron chi connectivity index (χ2n) is 8.21. The van der Waals surface area contributed by atoms with Crippen LogP contribution in [-0.2, 0) is 20.9 Å². The molecule has 0 bridgehead atoms. The van der Waals surface area contributed by atoms with Gasteiger partial charge in [0.2, 0.25) is 11.8 Å². The lowest BCUT2D eigenvalue weighted by Crippen LogP contribution is -2.47. The van der Waals surface area contributed by atoms with Crippen molar-refractivity contribution >= 4 is 33.8 Å². The van der Waals surface area contributed by atoms with Gasteiger partial charge in [0.05, 0.1) is 5.92 Å². The van der Waals surface area contributed by atoms with Gasteiger partial charge in [-0.2, -0.15) is 0 Å². The van der Waals surface area contributed by atoms with Gasteiger partial charge in [0.1, 0.15) is 12.1 Å². The third-order valence-corrected chi connectivity index (χ3v) is 4.96. The van der Waals surface area contributed by atoms with E-state index in [1.807, 2.05) is 0 Å². The van der Waals surface area contributed by atoms with Crippen LogP contribution in [0.3, 0.4) is 0 Å². The first-order valence-electron chi connectivity index (χ1n) is 9.93. The normalized spacial score (nSPS) is 16.7. The van der Waals surface area contributed by atoms with E-state index in [0.29, 0.717) is 30.4 Å². The fourth-order valence-corrected chi connectivity index (χ4v) is 3.48. The van der Waals surface area contributed by atoms with Gasteiger partial charge in [0.25, 0.3) is 5.56 Å². The summed E-state index contributed by atoms with van der Waals surface area (Å²) in [5.41, 5.74) is -0.831.